The van der Waals surface area contributed by atoms with Gasteiger partial charge in [-0.2, -0.15) is 9.40 Å². The van der Waals surface area contributed by atoms with E-state index < -0.39 is 26.6 Å². The summed E-state index contributed by atoms with van der Waals surface area (Å²) in [5.74, 6) is -2.16. The molecule has 0 bridgehead atoms. The molecule has 0 saturated carbocycles. The lowest BCUT2D eigenvalue weighted by Crippen LogP contribution is -2.49. The van der Waals surface area contributed by atoms with E-state index in [1.807, 2.05) is 27.8 Å². The van der Waals surface area contributed by atoms with Crippen LogP contribution in [-0.2, 0) is 16.7 Å². The molecule has 3 aromatic rings. The molecule has 0 atom stereocenters. The summed E-state index contributed by atoms with van der Waals surface area (Å²) >= 11 is 0. The molecule has 0 unspecified atom stereocenters. The Morgan fingerprint density at radius 2 is 1.66 bits per heavy atom. The molecule has 10 heteroatoms. The topological polar surface area (TPSA) is 71.3 Å². The summed E-state index contributed by atoms with van der Waals surface area (Å²) in [4.78, 5) is 5.27. The molecule has 1 aliphatic rings. The Morgan fingerprint density at radius 1 is 0.931 bits per heavy atom. The molecule has 1 saturated heterocycles. The smallest absolute Gasteiger partial charge is 0.249 e. The number of aromatic nitrogens is 3. The van der Waals surface area contributed by atoms with Gasteiger partial charge < -0.3 is 0 Å². The average molecular weight is 419 g/mol. The van der Waals surface area contributed by atoms with Crippen molar-refractivity contribution in [2.75, 3.05) is 26.2 Å². The molecule has 0 N–H and O–H groups in total. The van der Waals surface area contributed by atoms with Crippen molar-refractivity contribution in [1.82, 2.24) is 24.0 Å². The Morgan fingerprint density at radius 3 is 2.31 bits per heavy atom. The van der Waals surface area contributed by atoms with Crippen molar-refractivity contribution in [3.05, 3.63) is 66.6 Å². The van der Waals surface area contributed by atoms with Crippen LogP contribution in [0.5, 0.6) is 0 Å². The zero-order valence-electron chi connectivity index (χ0n) is 15.4. The van der Waals surface area contributed by atoms with Crippen molar-refractivity contribution in [2.45, 2.75) is 11.6 Å². The summed E-state index contributed by atoms with van der Waals surface area (Å²) in [6.07, 6.45) is 5.15. The van der Waals surface area contributed by atoms with E-state index in [0.29, 0.717) is 19.8 Å². The van der Waals surface area contributed by atoms with Crippen LogP contribution in [0.15, 0.2) is 59.9 Å². The molecule has 1 aromatic carbocycles. The van der Waals surface area contributed by atoms with Gasteiger partial charge in [0.1, 0.15) is 11.6 Å². The minimum absolute atomic E-state index is 0.138. The molecular weight excluding hydrogens is 400 g/mol. The molecule has 1 aliphatic heterocycles. The van der Waals surface area contributed by atoms with Crippen LogP contribution in [0.2, 0.25) is 0 Å². The van der Waals surface area contributed by atoms with Gasteiger partial charge in [0, 0.05) is 50.3 Å². The van der Waals surface area contributed by atoms with Gasteiger partial charge in [-0.25, -0.2) is 17.2 Å². The minimum atomic E-state index is -4.23. The number of hydrogen-bond acceptors (Lipinski definition) is 5. The van der Waals surface area contributed by atoms with Crippen molar-refractivity contribution in [2.24, 2.45) is 0 Å². The van der Waals surface area contributed by atoms with Crippen LogP contribution >= 0.6 is 0 Å². The predicted octanol–water partition coefficient (Wildman–Crippen LogP) is 2.19. The summed E-state index contributed by atoms with van der Waals surface area (Å²) in [5.41, 5.74) is 1.84. The fraction of sp³-hybridized carbons (Fsp3) is 0.263. The molecule has 3 heterocycles. The van der Waals surface area contributed by atoms with E-state index in [9.17, 15) is 17.2 Å². The second kappa shape index (κ2) is 7.97. The van der Waals surface area contributed by atoms with E-state index in [0.717, 1.165) is 33.8 Å². The quantitative estimate of drug-likeness (QED) is 0.634. The highest BCUT2D eigenvalue weighted by Gasteiger charge is 2.33. The van der Waals surface area contributed by atoms with Crippen molar-refractivity contribution < 1.29 is 17.2 Å². The van der Waals surface area contributed by atoms with Gasteiger partial charge in [0.2, 0.25) is 10.0 Å². The third kappa shape index (κ3) is 3.91. The summed E-state index contributed by atoms with van der Waals surface area (Å²) < 4.78 is 56.3. The van der Waals surface area contributed by atoms with Gasteiger partial charge in [-0.1, -0.05) is 6.07 Å². The monoisotopic (exact) mass is 419 g/mol. The first-order valence-corrected chi connectivity index (χ1v) is 10.5. The summed E-state index contributed by atoms with van der Waals surface area (Å²) in [6, 6.07) is 8.71. The Bertz CT molecular complexity index is 1080. The number of hydrogen-bond donors (Lipinski definition) is 0. The third-order valence-electron chi connectivity index (χ3n) is 4.86. The molecule has 7 nitrogen and oxygen atoms in total. The molecule has 29 heavy (non-hydrogen) atoms. The molecule has 4 rings (SSSR count). The minimum Gasteiger partial charge on any atom is -0.282 e. The van der Waals surface area contributed by atoms with E-state index in [2.05, 4.69) is 10.1 Å². The Balaban J connectivity index is 1.45. The van der Waals surface area contributed by atoms with Gasteiger partial charge in [-0.3, -0.25) is 14.6 Å². The van der Waals surface area contributed by atoms with Crippen molar-refractivity contribution >= 4 is 10.0 Å². The lowest BCUT2D eigenvalue weighted by Gasteiger charge is -2.34. The third-order valence-corrected chi connectivity index (χ3v) is 6.81. The average Bonchev–Trinajstić information content (AvgIpc) is 3.17. The highest BCUT2D eigenvalue weighted by atomic mass is 32.2. The molecule has 0 amide bonds. The molecule has 0 spiro atoms. The fourth-order valence-electron chi connectivity index (χ4n) is 3.36. The molecule has 2 aromatic heterocycles. The second-order valence-electron chi connectivity index (χ2n) is 6.67. The van der Waals surface area contributed by atoms with Crippen molar-refractivity contribution in [1.29, 1.82) is 0 Å². The maximum Gasteiger partial charge on any atom is 0.249 e. The van der Waals surface area contributed by atoms with E-state index in [-0.39, 0.29) is 13.1 Å². The van der Waals surface area contributed by atoms with E-state index >= 15 is 0 Å². The molecule has 0 aliphatic carbocycles. The Hall–Kier alpha value is -2.69. The second-order valence-corrected chi connectivity index (χ2v) is 8.55. The van der Waals surface area contributed by atoms with Crippen LogP contribution in [0.4, 0.5) is 8.78 Å². The van der Waals surface area contributed by atoms with E-state index in [4.69, 9.17) is 0 Å². The first-order chi connectivity index (χ1) is 14.0. The number of piperazine rings is 1. The highest BCUT2D eigenvalue weighted by molar-refractivity contribution is 7.89. The van der Waals surface area contributed by atoms with Gasteiger partial charge in [-0.05, 0) is 30.3 Å². The summed E-state index contributed by atoms with van der Waals surface area (Å²) in [5, 5.41) is 4.34. The van der Waals surface area contributed by atoms with E-state index in [1.165, 1.54) is 0 Å². The summed E-state index contributed by atoms with van der Waals surface area (Å²) in [7, 11) is -4.23. The maximum absolute atomic E-state index is 14.0. The maximum atomic E-state index is 14.0. The normalized spacial score (nSPS) is 16.2. The number of halogens is 2. The van der Waals surface area contributed by atoms with Gasteiger partial charge in [0.25, 0.3) is 0 Å². The SMILES string of the molecule is O=S(=O)(c1c(F)cccc1F)N1CCN(Cn2nccc2-c2cccnc2)CC1. The highest BCUT2D eigenvalue weighted by Crippen LogP contribution is 2.24. The predicted molar refractivity (Wildman–Crippen MR) is 102 cm³/mol. The van der Waals surface area contributed by atoms with Crippen LogP contribution in [-0.4, -0.2) is 58.6 Å². The van der Waals surface area contributed by atoms with Gasteiger partial charge in [0.05, 0.1) is 12.4 Å². The van der Waals surface area contributed by atoms with Gasteiger partial charge >= 0.3 is 0 Å². The standard InChI is InChI=1S/C19H19F2N5O2S/c20-16-4-1-5-17(21)19(16)29(27,28)25-11-9-24(10-12-25)14-26-18(6-8-23-26)15-3-2-7-22-13-15/h1-8,13H,9-12,14H2. The number of rotatable bonds is 5. The van der Waals surface area contributed by atoms with Crippen LogP contribution < -0.4 is 0 Å². The zero-order valence-corrected chi connectivity index (χ0v) is 16.3. The summed E-state index contributed by atoms with van der Waals surface area (Å²) in [6.45, 7) is 1.58. The van der Waals surface area contributed by atoms with E-state index in [1.54, 1.807) is 18.6 Å². The molecule has 0 radical (unpaired) electrons. The van der Waals surface area contributed by atoms with Crippen molar-refractivity contribution in [3.63, 3.8) is 0 Å². The van der Waals surface area contributed by atoms with Crippen LogP contribution in [0.3, 0.4) is 0 Å². The number of sulfonamides is 1. The van der Waals surface area contributed by atoms with Crippen LogP contribution in [0.1, 0.15) is 0 Å². The first kappa shape index (κ1) is 19.6. The Labute approximate surface area is 167 Å². The largest absolute Gasteiger partial charge is 0.282 e. The number of pyridine rings is 1. The van der Waals surface area contributed by atoms with Gasteiger partial charge in [0.15, 0.2) is 4.90 Å². The van der Waals surface area contributed by atoms with Crippen LogP contribution in [0.25, 0.3) is 11.3 Å². The van der Waals surface area contributed by atoms with Crippen molar-refractivity contribution in [3.8, 4) is 11.3 Å². The molecule has 1 fully saturated rings. The number of benzene rings is 1. The lowest BCUT2D eigenvalue weighted by atomic mass is 10.2. The first-order valence-electron chi connectivity index (χ1n) is 9.05. The lowest BCUT2D eigenvalue weighted by molar-refractivity contribution is 0.146. The van der Waals surface area contributed by atoms with Crippen LogP contribution in [0, 0.1) is 11.6 Å². The van der Waals surface area contributed by atoms with Gasteiger partial charge in [-0.15, -0.1) is 0 Å². The zero-order chi connectivity index (χ0) is 20.4. The molecule has 152 valence electrons. The number of nitrogens with zero attached hydrogens (tertiary/aromatic N) is 5. The molecular formula is C19H19F2N5O2S. The fourth-order valence-corrected chi connectivity index (χ4v) is 4.89. The Kier molecular flexibility index (Phi) is 5.39.